The highest BCUT2D eigenvalue weighted by atomic mass is 35.5. The van der Waals surface area contributed by atoms with Gasteiger partial charge in [-0.15, -0.1) is 15.3 Å². The summed E-state index contributed by atoms with van der Waals surface area (Å²) in [6, 6.07) is 1.06. The van der Waals surface area contributed by atoms with Gasteiger partial charge in [-0.3, -0.25) is 0 Å². The number of anilines is 1. The van der Waals surface area contributed by atoms with Gasteiger partial charge in [0.2, 0.25) is 5.82 Å². The number of hydrogen-bond donors (Lipinski definition) is 1. The van der Waals surface area contributed by atoms with Crippen LogP contribution in [0.2, 0.25) is 10.3 Å². The molecule has 0 saturated carbocycles. The molecule has 0 saturated heterocycles. The maximum atomic E-state index is 13.2. The zero-order chi connectivity index (χ0) is 19.4. The highest BCUT2D eigenvalue weighted by molar-refractivity contribution is 6.32. The number of hydrogen-bond acceptors (Lipinski definition) is 6. The second-order valence-corrected chi connectivity index (χ2v) is 5.48. The predicted molar refractivity (Wildman–Crippen MR) is 76.7 cm³/mol. The van der Waals surface area contributed by atoms with E-state index in [1.54, 1.807) is 0 Å². The van der Waals surface area contributed by atoms with Gasteiger partial charge in [0, 0.05) is 6.07 Å². The fraction of sp³-hybridized carbons (Fsp3) is 0.182. The first-order valence-corrected chi connectivity index (χ1v) is 7.05. The molecule has 0 spiro atoms. The van der Waals surface area contributed by atoms with Crippen LogP contribution in [-0.4, -0.2) is 29.9 Å². The molecule has 26 heavy (non-hydrogen) atoms. The first-order valence-electron chi connectivity index (χ1n) is 6.29. The minimum atomic E-state index is -5.25. The molecule has 2 N–H and O–H groups in total. The van der Waals surface area contributed by atoms with Gasteiger partial charge in [0.15, 0.2) is 21.6 Å². The summed E-state index contributed by atoms with van der Waals surface area (Å²) in [6.45, 7) is 0. The van der Waals surface area contributed by atoms with Crippen molar-refractivity contribution < 1.29 is 26.3 Å². The minimum absolute atomic E-state index is 0.205. The van der Waals surface area contributed by atoms with Crippen molar-refractivity contribution in [3.05, 3.63) is 27.9 Å². The van der Waals surface area contributed by atoms with Gasteiger partial charge >= 0.3 is 12.4 Å². The van der Waals surface area contributed by atoms with E-state index in [1.807, 2.05) is 0 Å². The Balaban J connectivity index is 2.40. The molecule has 3 aromatic rings. The van der Waals surface area contributed by atoms with Gasteiger partial charge in [-0.2, -0.15) is 26.3 Å². The van der Waals surface area contributed by atoms with Crippen molar-refractivity contribution in [1.82, 2.24) is 29.9 Å². The Bertz CT molecular complexity index is 1010. The van der Waals surface area contributed by atoms with E-state index >= 15 is 0 Å². The van der Waals surface area contributed by atoms with Crippen molar-refractivity contribution >= 4 is 40.1 Å². The topological polar surface area (TPSA) is 95.4 Å². The Hall–Kier alpha value is -2.41. The molecule has 0 bridgehead atoms. The Morgan fingerprint density at radius 1 is 0.962 bits per heavy atom. The van der Waals surface area contributed by atoms with Crippen LogP contribution in [0.4, 0.5) is 32.2 Å². The summed E-state index contributed by atoms with van der Waals surface area (Å²) in [5.41, 5.74) is 2.62. The Labute approximate surface area is 148 Å². The summed E-state index contributed by atoms with van der Waals surface area (Å²) >= 11 is 11.4. The molecule has 0 unspecified atom stereocenters. The summed E-state index contributed by atoms with van der Waals surface area (Å²) in [7, 11) is 0. The molecule has 0 fully saturated rings. The lowest BCUT2D eigenvalue weighted by Crippen LogP contribution is -2.17. The maximum absolute atomic E-state index is 13.2. The lowest BCUT2D eigenvalue weighted by molar-refractivity contribution is -0.151. The van der Waals surface area contributed by atoms with Gasteiger partial charge in [-0.25, -0.2) is 14.6 Å². The number of halogens is 8. The molecule has 0 radical (unpaired) electrons. The number of nitrogens with two attached hydrogens (primary N) is 1. The third-order valence-corrected chi connectivity index (χ3v) is 3.47. The lowest BCUT2D eigenvalue weighted by atomic mass is 10.2. The van der Waals surface area contributed by atoms with E-state index < -0.39 is 40.7 Å². The second-order valence-electron chi connectivity index (χ2n) is 4.73. The summed E-state index contributed by atoms with van der Waals surface area (Å²) in [5.74, 6) is -2.72. The zero-order valence-corrected chi connectivity index (χ0v) is 13.4. The molecule has 0 amide bonds. The van der Waals surface area contributed by atoms with Gasteiger partial charge in [0.05, 0.1) is 5.39 Å². The fourth-order valence-corrected chi connectivity index (χ4v) is 2.33. The molecule has 0 aliphatic carbocycles. The van der Waals surface area contributed by atoms with E-state index in [-0.39, 0.29) is 16.0 Å². The highest BCUT2D eigenvalue weighted by Gasteiger charge is 2.43. The van der Waals surface area contributed by atoms with Gasteiger partial charge in [0.1, 0.15) is 11.5 Å². The monoisotopic (exact) mass is 417 g/mol. The van der Waals surface area contributed by atoms with Crippen LogP contribution in [-0.2, 0) is 12.4 Å². The number of nitrogen functional groups attached to an aromatic ring is 1. The molecule has 0 aromatic carbocycles. The highest BCUT2D eigenvalue weighted by Crippen LogP contribution is 2.39. The fourth-order valence-electron chi connectivity index (χ4n) is 2.02. The standard InChI is InChI=1S/C11H3Cl2F6N7/c12-3-1-2(6(13)24-23-3)26-7(20)4-5(10(14,15)16)21-9(11(17,18)19)22-8(4)25-26/h1H,20H2. The maximum Gasteiger partial charge on any atom is 0.451 e. The van der Waals surface area contributed by atoms with Crippen LogP contribution >= 0.6 is 23.2 Å². The summed E-state index contributed by atoms with van der Waals surface area (Å²) in [5, 5.41) is 8.90. The first kappa shape index (κ1) is 18.4. The molecular weight excluding hydrogens is 415 g/mol. The van der Waals surface area contributed by atoms with Gasteiger partial charge < -0.3 is 5.73 Å². The number of aromatic nitrogens is 6. The Morgan fingerprint density at radius 3 is 2.19 bits per heavy atom. The molecule has 3 rings (SSSR count). The molecule has 3 aromatic heterocycles. The molecule has 0 aliphatic heterocycles. The number of alkyl halides is 6. The van der Waals surface area contributed by atoms with Crippen molar-refractivity contribution in [3.8, 4) is 5.69 Å². The SMILES string of the molecule is Nc1c2c(C(F)(F)F)nc(C(F)(F)F)nc2nn1-c1cc(Cl)nnc1Cl. The van der Waals surface area contributed by atoms with Crippen LogP contribution in [0.5, 0.6) is 0 Å². The van der Waals surface area contributed by atoms with E-state index in [1.165, 1.54) is 0 Å². The lowest BCUT2D eigenvalue weighted by Gasteiger charge is -2.10. The number of fused-ring (bicyclic) bond motifs is 1. The zero-order valence-electron chi connectivity index (χ0n) is 11.9. The predicted octanol–water partition coefficient (Wildman–Crippen LogP) is 3.53. The molecule has 0 aliphatic rings. The van der Waals surface area contributed by atoms with E-state index in [0.29, 0.717) is 4.68 Å². The summed E-state index contributed by atoms with van der Waals surface area (Å²) in [4.78, 5) is 5.59. The smallest absolute Gasteiger partial charge is 0.383 e. The van der Waals surface area contributed by atoms with Crippen molar-refractivity contribution in [1.29, 1.82) is 0 Å². The molecule has 7 nitrogen and oxygen atoms in total. The average Bonchev–Trinajstić information content (AvgIpc) is 2.84. The van der Waals surface area contributed by atoms with E-state index in [2.05, 4.69) is 25.3 Å². The van der Waals surface area contributed by atoms with Crippen LogP contribution in [0.3, 0.4) is 0 Å². The third-order valence-electron chi connectivity index (χ3n) is 3.02. The summed E-state index contributed by atoms with van der Waals surface area (Å²) < 4.78 is 78.7. The molecule has 138 valence electrons. The summed E-state index contributed by atoms with van der Waals surface area (Å²) in [6.07, 6.45) is -10.5. The first-order chi connectivity index (χ1) is 11.9. The van der Waals surface area contributed by atoms with Crippen LogP contribution in [0, 0.1) is 0 Å². The number of rotatable bonds is 1. The van der Waals surface area contributed by atoms with Crippen molar-refractivity contribution in [2.24, 2.45) is 0 Å². The van der Waals surface area contributed by atoms with E-state index in [0.717, 1.165) is 6.07 Å². The van der Waals surface area contributed by atoms with E-state index in [9.17, 15) is 26.3 Å². The van der Waals surface area contributed by atoms with Crippen molar-refractivity contribution in [2.45, 2.75) is 12.4 Å². The molecular formula is C11H3Cl2F6N7. The van der Waals surface area contributed by atoms with Crippen LogP contribution < -0.4 is 5.73 Å². The van der Waals surface area contributed by atoms with Gasteiger partial charge in [-0.05, 0) is 0 Å². The Kier molecular flexibility index (Phi) is 4.10. The van der Waals surface area contributed by atoms with Gasteiger partial charge in [0.25, 0.3) is 0 Å². The third kappa shape index (κ3) is 3.07. The Morgan fingerprint density at radius 2 is 1.62 bits per heavy atom. The molecule has 15 heteroatoms. The van der Waals surface area contributed by atoms with Gasteiger partial charge in [-0.1, -0.05) is 23.2 Å². The van der Waals surface area contributed by atoms with Crippen molar-refractivity contribution in [3.63, 3.8) is 0 Å². The molecule has 0 atom stereocenters. The largest absolute Gasteiger partial charge is 0.451 e. The second kappa shape index (κ2) is 5.81. The minimum Gasteiger partial charge on any atom is -0.383 e. The van der Waals surface area contributed by atoms with Crippen LogP contribution in [0.15, 0.2) is 6.07 Å². The normalized spacial score (nSPS) is 12.8. The molecule has 3 heterocycles. The van der Waals surface area contributed by atoms with Crippen LogP contribution in [0.1, 0.15) is 11.5 Å². The van der Waals surface area contributed by atoms with Crippen molar-refractivity contribution in [2.75, 3.05) is 5.73 Å². The number of nitrogens with zero attached hydrogens (tertiary/aromatic N) is 6. The quantitative estimate of drug-likeness (QED) is 0.608. The van der Waals surface area contributed by atoms with Crippen LogP contribution in [0.25, 0.3) is 16.7 Å². The van der Waals surface area contributed by atoms with E-state index in [4.69, 9.17) is 28.9 Å². The average molecular weight is 418 g/mol.